The van der Waals surface area contributed by atoms with Crippen molar-refractivity contribution in [1.82, 2.24) is 9.97 Å². The van der Waals surface area contributed by atoms with Crippen LogP contribution in [0.15, 0.2) is 29.4 Å². The molecule has 102 valence electrons. The summed E-state index contributed by atoms with van der Waals surface area (Å²) in [6, 6.07) is 4.59. The molecule has 3 N–H and O–H groups in total. The Morgan fingerprint density at radius 2 is 2.16 bits per heavy atom. The van der Waals surface area contributed by atoms with Crippen LogP contribution in [0.25, 0.3) is 0 Å². The van der Waals surface area contributed by atoms with Gasteiger partial charge in [0.25, 0.3) is 10.0 Å². The zero-order valence-corrected chi connectivity index (χ0v) is 11.5. The van der Waals surface area contributed by atoms with Gasteiger partial charge in [0.1, 0.15) is 11.6 Å². The third kappa shape index (κ3) is 2.87. The summed E-state index contributed by atoms with van der Waals surface area (Å²) >= 11 is 0. The number of nitrogens with one attached hydrogen (secondary N) is 2. The van der Waals surface area contributed by atoms with Gasteiger partial charge >= 0.3 is 0 Å². The number of anilines is 1. The Morgan fingerprint density at radius 3 is 2.74 bits per heavy atom. The van der Waals surface area contributed by atoms with Gasteiger partial charge in [0.15, 0.2) is 5.03 Å². The standard InChI is InChI=1S/C12H15N3O3S/c1-3-11-13-7-12(14-11)19(17,18)15-9-5-4-8(2)10(16)6-9/h4-7,15-16H,3H2,1-2H3,(H,13,14). The summed E-state index contributed by atoms with van der Waals surface area (Å²) in [6.07, 6.45) is 1.90. The maximum absolute atomic E-state index is 12.1. The first-order valence-electron chi connectivity index (χ1n) is 5.78. The van der Waals surface area contributed by atoms with E-state index in [4.69, 9.17) is 0 Å². The van der Waals surface area contributed by atoms with Gasteiger partial charge in [-0.25, -0.2) is 4.98 Å². The van der Waals surface area contributed by atoms with Crippen molar-refractivity contribution in [3.63, 3.8) is 0 Å². The topological polar surface area (TPSA) is 95.1 Å². The SMILES string of the molecule is CCc1ncc(S(=O)(=O)Nc2ccc(C)c(O)c2)[nH]1. The highest BCUT2D eigenvalue weighted by Gasteiger charge is 2.17. The van der Waals surface area contributed by atoms with Crippen molar-refractivity contribution in [1.29, 1.82) is 0 Å². The number of aromatic nitrogens is 2. The Hall–Kier alpha value is -2.02. The molecule has 0 unspecified atom stereocenters. The minimum atomic E-state index is -3.71. The van der Waals surface area contributed by atoms with Crippen molar-refractivity contribution < 1.29 is 13.5 Å². The number of rotatable bonds is 4. The van der Waals surface area contributed by atoms with E-state index >= 15 is 0 Å². The van der Waals surface area contributed by atoms with Crippen LogP contribution in [-0.2, 0) is 16.4 Å². The number of phenolic OH excluding ortho intramolecular Hbond substituents is 1. The number of sulfonamides is 1. The summed E-state index contributed by atoms with van der Waals surface area (Å²) in [7, 11) is -3.71. The van der Waals surface area contributed by atoms with E-state index in [2.05, 4.69) is 14.7 Å². The van der Waals surface area contributed by atoms with Crippen molar-refractivity contribution in [3.05, 3.63) is 35.8 Å². The maximum Gasteiger partial charge on any atom is 0.278 e. The van der Waals surface area contributed by atoms with Gasteiger partial charge in [-0.15, -0.1) is 0 Å². The van der Waals surface area contributed by atoms with Crippen LogP contribution in [0.5, 0.6) is 5.75 Å². The minimum absolute atomic E-state index is 0.00409. The molecule has 0 atom stereocenters. The quantitative estimate of drug-likeness (QED) is 0.796. The molecule has 0 bridgehead atoms. The number of phenols is 1. The molecule has 0 aliphatic rings. The monoisotopic (exact) mass is 281 g/mol. The molecule has 19 heavy (non-hydrogen) atoms. The van der Waals surface area contributed by atoms with Crippen LogP contribution in [0.1, 0.15) is 18.3 Å². The summed E-state index contributed by atoms with van der Waals surface area (Å²) < 4.78 is 26.5. The number of aryl methyl sites for hydroxylation is 2. The van der Waals surface area contributed by atoms with Crippen molar-refractivity contribution in [2.75, 3.05) is 4.72 Å². The molecular formula is C12H15N3O3S. The van der Waals surface area contributed by atoms with Crippen molar-refractivity contribution in [2.45, 2.75) is 25.3 Å². The molecule has 7 heteroatoms. The number of imidazole rings is 1. The van der Waals surface area contributed by atoms with Crippen molar-refractivity contribution in [2.24, 2.45) is 0 Å². The Morgan fingerprint density at radius 1 is 1.42 bits per heavy atom. The van der Waals surface area contributed by atoms with Crippen LogP contribution >= 0.6 is 0 Å². The lowest BCUT2D eigenvalue weighted by Gasteiger charge is -2.07. The second-order valence-electron chi connectivity index (χ2n) is 4.15. The molecule has 0 amide bonds. The number of hydrogen-bond acceptors (Lipinski definition) is 4. The first-order chi connectivity index (χ1) is 8.92. The minimum Gasteiger partial charge on any atom is -0.508 e. The second kappa shape index (κ2) is 4.93. The lowest BCUT2D eigenvalue weighted by atomic mass is 10.2. The largest absolute Gasteiger partial charge is 0.508 e. The van der Waals surface area contributed by atoms with Crippen LogP contribution in [-0.4, -0.2) is 23.5 Å². The van der Waals surface area contributed by atoms with Gasteiger partial charge < -0.3 is 10.1 Å². The Labute approximate surface area is 111 Å². The van der Waals surface area contributed by atoms with E-state index in [1.54, 1.807) is 19.1 Å². The zero-order chi connectivity index (χ0) is 14.0. The second-order valence-corrected chi connectivity index (χ2v) is 5.81. The molecule has 0 saturated heterocycles. The van der Waals surface area contributed by atoms with Crippen molar-refractivity contribution in [3.8, 4) is 5.75 Å². The molecule has 0 aliphatic heterocycles. The van der Waals surface area contributed by atoms with E-state index in [0.29, 0.717) is 23.5 Å². The zero-order valence-electron chi connectivity index (χ0n) is 10.6. The number of hydrogen-bond donors (Lipinski definition) is 3. The molecule has 0 radical (unpaired) electrons. The molecule has 1 heterocycles. The van der Waals surface area contributed by atoms with E-state index in [9.17, 15) is 13.5 Å². The highest BCUT2D eigenvalue weighted by molar-refractivity contribution is 7.92. The smallest absolute Gasteiger partial charge is 0.278 e. The first kappa shape index (κ1) is 13.4. The van der Waals surface area contributed by atoms with Gasteiger partial charge in [-0.05, 0) is 18.6 Å². The van der Waals surface area contributed by atoms with Crippen molar-refractivity contribution >= 4 is 15.7 Å². The van der Waals surface area contributed by atoms with E-state index in [0.717, 1.165) is 0 Å². The third-order valence-electron chi connectivity index (χ3n) is 2.69. The fourth-order valence-corrected chi connectivity index (χ4v) is 2.53. The van der Waals surface area contributed by atoms with E-state index < -0.39 is 10.0 Å². The summed E-state index contributed by atoms with van der Waals surface area (Å²) in [5, 5.41) is 9.56. The molecule has 0 saturated carbocycles. The Balaban J connectivity index is 2.28. The maximum atomic E-state index is 12.1. The molecular weight excluding hydrogens is 266 g/mol. The summed E-state index contributed by atoms with van der Waals surface area (Å²) in [4.78, 5) is 6.68. The molecule has 0 spiro atoms. The first-order valence-corrected chi connectivity index (χ1v) is 7.27. The van der Waals surface area contributed by atoms with Crippen LogP contribution in [0.4, 0.5) is 5.69 Å². The molecule has 1 aromatic carbocycles. The number of H-pyrrole nitrogens is 1. The lowest BCUT2D eigenvalue weighted by molar-refractivity contribution is 0.471. The highest BCUT2D eigenvalue weighted by Crippen LogP contribution is 2.22. The average molecular weight is 281 g/mol. The molecule has 2 aromatic rings. The molecule has 0 fully saturated rings. The van der Waals surface area contributed by atoms with Gasteiger partial charge in [0.05, 0.1) is 11.9 Å². The van der Waals surface area contributed by atoms with E-state index in [-0.39, 0.29) is 10.8 Å². The van der Waals surface area contributed by atoms with Crippen LogP contribution < -0.4 is 4.72 Å². The van der Waals surface area contributed by atoms with E-state index in [1.165, 1.54) is 12.3 Å². The van der Waals surface area contributed by atoms with Gasteiger partial charge in [-0.3, -0.25) is 4.72 Å². The average Bonchev–Trinajstić information content (AvgIpc) is 2.83. The fraction of sp³-hybridized carbons (Fsp3) is 0.250. The predicted molar refractivity (Wildman–Crippen MR) is 71.6 cm³/mol. The van der Waals surface area contributed by atoms with Crippen LogP contribution in [0, 0.1) is 6.92 Å². The summed E-state index contributed by atoms with van der Waals surface area (Å²) in [6.45, 7) is 3.61. The predicted octanol–water partition coefficient (Wildman–Crippen LogP) is 1.79. The molecule has 6 nitrogen and oxygen atoms in total. The Bertz CT molecular complexity index is 692. The highest BCUT2D eigenvalue weighted by atomic mass is 32.2. The van der Waals surface area contributed by atoms with Crippen LogP contribution in [0.2, 0.25) is 0 Å². The van der Waals surface area contributed by atoms with Crippen LogP contribution in [0.3, 0.4) is 0 Å². The van der Waals surface area contributed by atoms with Gasteiger partial charge in [0.2, 0.25) is 0 Å². The molecule has 1 aromatic heterocycles. The lowest BCUT2D eigenvalue weighted by Crippen LogP contribution is -2.13. The summed E-state index contributed by atoms with van der Waals surface area (Å²) in [5.41, 5.74) is 0.980. The summed E-state index contributed by atoms with van der Waals surface area (Å²) in [5.74, 6) is 0.645. The van der Waals surface area contributed by atoms with E-state index in [1.807, 2.05) is 6.92 Å². The third-order valence-corrected chi connectivity index (χ3v) is 3.98. The van der Waals surface area contributed by atoms with Gasteiger partial charge in [0, 0.05) is 12.5 Å². The Kier molecular flexibility index (Phi) is 3.48. The number of aromatic amines is 1. The number of aromatic hydroxyl groups is 1. The molecule has 0 aliphatic carbocycles. The van der Waals surface area contributed by atoms with Gasteiger partial charge in [-0.1, -0.05) is 13.0 Å². The number of nitrogens with zero attached hydrogens (tertiary/aromatic N) is 1. The fourth-order valence-electron chi connectivity index (χ4n) is 1.54. The normalized spacial score (nSPS) is 11.5. The molecule has 2 rings (SSSR count). The number of benzene rings is 1. The van der Waals surface area contributed by atoms with Gasteiger partial charge in [-0.2, -0.15) is 8.42 Å².